The summed E-state index contributed by atoms with van der Waals surface area (Å²) in [5.74, 6) is 0. The largest absolute Gasteiger partial charge is 0.408 e. The highest BCUT2D eigenvalue weighted by molar-refractivity contribution is 5.62. The Morgan fingerprint density at radius 2 is 2.00 bits per heavy atom. The van der Waals surface area contributed by atoms with Crippen LogP contribution in [0.1, 0.15) is 16.7 Å². The Kier molecular flexibility index (Phi) is 2.67. The Labute approximate surface area is 84.4 Å². The molecule has 0 saturated heterocycles. The Hall–Kier alpha value is -2.01. The minimum absolute atomic E-state index is 0.463. The van der Waals surface area contributed by atoms with Crippen molar-refractivity contribution in [1.29, 1.82) is 5.26 Å². The van der Waals surface area contributed by atoms with Crippen LogP contribution in [-0.2, 0) is 6.18 Å². The fourth-order valence-corrected chi connectivity index (χ4v) is 1.24. The van der Waals surface area contributed by atoms with Crippen molar-refractivity contribution < 1.29 is 13.2 Å². The van der Waals surface area contributed by atoms with E-state index in [0.717, 1.165) is 12.1 Å². The van der Waals surface area contributed by atoms with Gasteiger partial charge in [0.2, 0.25) is 5.69 Å². The molecule has 1 aromatic rings. The fraction of sp³-hybridized carbons (Fsp3) is 0.200. The average Bonchev–Trinajstić information content (AvgIpc) is 2.14. The van der Waals surface area contributed by atoms with E-state index in [9.17, 15) is 13.2 Å². The molecule has 5 heteroatoms. The molecule has 1 rings (SSSR count). The molecule has 0 saturated carbocycles. The Bertz CT molecular complexity index is 440. The zero-order valence-corrected chi connectivity index (χ0v) is 7.68. The molecule has 76 valence electrons. The van der Waals surface area contributed by atoms with E-state index in [1.165, 1.54) is 13.0 Å². The summed E-state index contributed by atoms with van der Waals surface area (Å²) in [6.45, 7) is 8.19. The first-order valence-corrected chi connectivity index (χ1v) is 3.89. The second kappa shape index (κ2) is 3.62. The first kappa shape index (κ1) is 11.1. The van der Waals surface area contributed by atoms with Gasteiger partial charge in [-0.05, 0) is 13.0 Å². The van der Waals surface area contributed by atoms with Gasteiger partial charge in [0.05, 0.1) is 23.8 Å². The minimum atomic E-state index is -4.67. The molecule has 0 radical (unpaired) electrons. The van der Waals surface area contributed by atoms with E-state index >= 15 is 0 Å². The second-order valence-corrected chi connectivity index (χ2v) is 2.93. The summed E-state index contributed by atoms with van der Waals surface area (Å²) in [6, 6.07) is 3.70. The molecular formula is C10H5F3N2. The number of aryl methyl sites for hydroxylation is 1. The predicted octanol–water partition coefficient (Wildman–Crippen LogP) is 3.44. The summed E-state index contributed by atoms with van der Waals surface area (Å²) in [5.41, 5.74) is -1.72. The van der Waals surface area contributed by atoms with Crippen molar-refractivity contribution in [2.75, 3.05) is 0 Å². The van der Waals surface area contributed by atoms with Crippen LogP contribution in [0.4, 0.5) is 18.9 Å². The lowest BCUT2D eigenvalue weighted by atomic mass is 10.0. The van der Waals surface area contributed by atoms with Crippen molar-refractivity contribution in [1.82, 2.24) is 0 Å². The number of nitriles is 1. The molecule has 0 unspecified atom stereocenters. The van der Waals surface area contributed by atoms with Crippen LogP contribution >= 0.6 is 0 Å². The molecule has 0 aliphatic rings. The lowest BCUT2D eigenvalue weighted by molar-refractivity contribution is -0.137. The van der Waals surface area contributed by atoms with E-state index in [2.05, 4.69) is 4.85 Å². The maximum atomic E-state index is 12.5. The molecule has 0 fully saturated rings. The first-order chi connectivity index (χ1) is 6.90. The maximum absolute atomic E-state index is 12.5. The molecule has 1 aromatic carbocycles. The zero-order chi connectivity index (χ0) is 11.6. The smallest absolute Gasteiger partial charge is 0.237 e. The van der Waals surface area contributed by atoms with Gasteiger partial charge in [-0.2, -0.15) is 18.4 Å². The molecule has 2 nitrogen and oxygen atoms in total. The van der Waals surface area contributed by atoms with Crippen molar-refractivity contribution in [3.8, 4) is 6.07 Å². The lowest BCUT2D eigenvalue weighted by Gasteiger charge is -2.11. The molecule has 0 heterocycles. The number of hydrogen-bond donors (Lipinski definition) is 0. The van der Waals surface area contributed by atoms with Gasteiger partial charge < -0.3 is 0 Å². The topological polar surface area (TPSA) is 28.1 Å². The van der Waals surface area contributed by atoms with Gasteiger partial charge in [-0.3, -0.25) is 0 Å². The van der Waals surface area contributed by atoms with Gasteiger partial charge in [-0.1, -0.05) is 11.6 Å². The number of rotatable bonds is 0. The molecule has 0 aliphatic carbocycles. The number of alkyl halides is 3. The van der Waals surface area contributed by atoms with Gasteiger partial charge in [0.25, 0.3) is 0 Å². The number of benzene rings is 1. The summed E-state index contributed by atoms with van der Waals surface area (Å²) in [7, 11) is 0. The normalized spacial score (nSPS) is 10.5. The summed E-state index contributed by atoms with van der Waals surface area (Å²) in [6.07, 6.45) is -4.67. The number of nitrogens with zero attached hydrogens (tertiary/aromatic N) is 2. The van der Waals surface area contributed by atoms with Crippen molar-refractivity contribution in [2.45, 2.75) is 13.1 Å². The van der Waals surface area contributed by atoms with Gasteiger partial charge in [0.1, 0.15) is 0 Å². The average molecular weight is 210 g/mol. The van der Waals surface area contributed by atoms with Crippen LogP contribution < -0.4 is 0 Å². The Balaban J connectivity index is 3.63. The summed E-state index contributed by atoms with van der Waals surface area (Å²) in [4.78, 5) is 2.79. The third kappa shape index (κ3) is 2.08. The van der Waals surface area contributed by atoms with Crippen LogP contribution in [0.15, 0.2) is 12.1 Å². The summed E-state index contributed by atoms with van der Waals surface area (Å²) >= 11 is 0. The second-order valence-electron chi connectivity index (χ2n) is 2.93. The van der Waals surface area contributed by atoms with Gasteiger partial charge in [0, 0.05) is 0 Å². The number of halogens is 3. The summed E-state index contributed by atoms with van der Waals surface area (Å²) in [5, 5.41) is 8.57. The Morgan fingerprint density at radius 3 is 2.40 bits per heavy atom. The lowest BCUT2D eigenvalue weighted by Crippen LogP contribution is -2.08. The molecule has 0 aliphatic heterocycles. The first-order valence-electron chi connectivity index (χ1n) is 3.89. The predicted molar refractivity (Wildman–Crippen MR) is 47.2 cm³/mol. The van der Waals surface area contributed by atoms with Crippen LogP contribution in [0.25, 0.3) is 4.85 Å². The van der Waals surface area contributed by atoms with Crippen LogP contribution in [0.3, 0.4) is 0 Å². The van der Waals surface area contributed by atoms with Crippen LogP contribution in [-0.4, -0.2) is 0 Å². The van der Waals surface area contributed by atoms with Gasteiger partial charge in [-0.25, -0.2) is 4.85 Å². The van der Waals surface area contributed by atoms with Crippen molar-refractivity contribution in [2.24, 2.45) is 0 Å². The van der Waals surface area contributed by atoms with Crippen molar-refractivity contribution in [3.63, 3.8) is 0 Å². The molecule has 0 amide bonds. The molecular weight excluding hydrogens is 205 g/mol. The van der Waals surface area contributed by atoms with E-state index in [1.807, 2.05) is 0 Å². The minimum Gasteiger partial charge on any atom is -0.237 e. The monoisotopic (exact) mass is 210 g/mol. The van der Waals surface area contributed by atoms with Gasteiger partial charge in [-0.15, -0.1) is 0 Å². The highest BCUT2D eigenvalue weighted by Crippen LogP contribution is 2.39. The standard InChI is InChI=1S/C10H5F3N2/c1-6-3-7(5-14)9(10(11,12)13)8(4-6)15-2/h3-4H,1H3. The van der Waals surface area contributed by atoms with E-state index < -0.39 is 23.0 Å². The van der Waals surface area contributed by atoms with Crippen LogP contribution in [0, 0.1) is 24.8 Å². The SMILES string of the molecule is [C-]#[N+]c1cc(C)cc(C#N)c1C(F)(F)F. The molecule has 0 atom stereocenters. The van der Waals surface area contributed by atoms with E-state index in [4.69, 9.17) is 11.8 Å². The number of hydrogen-bond acceptors (Lipinski definition) is 1. The van der Waals surface area contributed by atoms with Gasteiger partial charge >= 0.3 is 6.18 Å². The molecule has 15 heavy (non-hydrogen) atoms. The third-order valence-corrected chi connectivity index (χ3v) is 1.79. The highest BCUT2D eigenvalue weighted by Gasteiger charge is 2.36. The molecule has 0 aromatic heterocycles. The fourth-order valence-electron chi connectivity index (χ4n) is 1.24. The van der Waals surface area contributed by atoms with Gasteiger partial charge in [0.15, 0.2) is 0 Å². The van der Waals surface area contributed by atoms with Crippen molar-refractivity contribution in [3.05, 3.63) is 40.2 Å². The molecule has 0 spiro atoms. The van der Waals surface area contributed by atoms with Crippen LogP contribution in [0.5, 0.6) is 0 Å². The quantitative estimate of drug-likeness (QED) is 0.603. The molecule has 0 bridgehead atoms. The maximum Gasteiger partial charge on any atom is 0.408 e. The highest BCUT2D eigenvalue weighted by atomic mass is 19.4. The van der Waals surface area contributed by atoms with Crippen molar-refractivity contribution >= 4 is 5.69 Å². The van der Waals surface area contributed by atoms with E-state index in [0.29, 0.717) is 5.56 Å². The van der Waals surface area contributed by atoms with E-state index in [1.54, 1.807) is 0 Å². The summed E-state index contributed by atoms with van der Waals surface area (Å²) < 4.78 is 37.6. The third-order valence-electron chi connectivity index (χ3n) is 1.79. The zero-order valence-electron chi connectivity index (χ0n) is 7.68. The van der Waals surface area contributed by atoms with E-state index in [-0.39, 0.29) is 0 Å². The molecule has 0 N–H and O–H groups in total. The van der Waals surface area contributed by atoms with Crippen LogP contribution in [0.2, 0.25) is 0 Å². The Morgan fingerprint density at radius 1 is 1.40 bits per heavy atom.